The molecule has 0 aliphatic carbocycles. The van der Waals surface area contributed by atoms with Crippen molar-refractivity contribution in [1.29, 1.82) is 0 Å². The maximum Gasteiger partial charge on any atom is 0.434 e. The summed E-state index contributed by atoms with van der Waals surface area (Å²) in [4.78, 5) is 20.8. The second-order valence-electron chi connectivity index (χ2n) is 7.26. The van der Waals surface area contributed by atoms with Gasteiger partial charge in [-0.2, -0.15) is 46.4 Å². The average molecular weight is 561 g/mol. The second-order valence-corrected chi connectivity index (χ2v) is 7.26. The number of halogens is 6. The van der Waals surface area contributed by atoms with Crippen LogP contribution in [0.5, 0.6) is 17.5 Å². The van der Waals surface area contributed by atoms with Gasteiger partial charge in [0.1, 0.15) is 0 Å². The van der Waals surface area contributed by atoms with Crippen molar-refractivity contribution in [1.82, 2.24) is 15.0 Å². The molecule has 39 heavy (non-hydrogen) atoms. The Morgan fingerprint density at radius 3 is 2.10 bits per heavy atom. The van der Waals surface area contributed by atoms with E-state index in [0.29, 0.717) is 17.1 Å². The van der Waals surface area contributed by atoms with E-state index >= 15 is 0 Å². The van der Waals surface area contributed by atoms with Gasteiger partial charge in [-0.15, -0.1) is 0 Å². The summed E-state index contributed by atoms with van der Waals surface area (Å²) in [6.45, 7) is 0. The first-order valence-electron chi connectivity index (χ1n) is 10.4. The van der Waals surface area contributed by atoms with Gasteiger partial charge in [-0.3, -0.25) is 10.1 Å². The van der Waals surface area contributed by atoms with Gasteiger partial charge in [0.05, 0.1) is 25.4 Å². The molecule has 0 unspecified atom stereocenters. The Bertz CT molecular complexity index is 1320. The van der Waals surface area contributed by atoms with E-state index in [0.717, 1.165) is 12.1 Å². The van der Waals surface area contributed by atoms with Crippen LogP contribution in [0.25, 0.3) is 0 Å². The fourth-order valence-corrected chi connectivity index (χ4v) is 2.83. The van der Waals surface area contributed by atoms with Crippen molar-refractivity contribution in [2.45, 2.75) is 18.5 Å². The molecule has 0 fully saturated rings. The molecule has 0 aliphatic heterocycles. The molecule has 0 atom stereocenters. The van der Waals surface area contributed by atoms with Crippen LogP contribution in [0, 0.1) is 10.1 Å². The number of nitro groups is 1. The molecule has 0 spiro atoms. The lowest BCUT2D eigenvalue weighted by Gasteiger charge is -2.22. The maximum atomic E-state index is 13.0. The van der Waals surface area contributed by atoms with Gasteiger partial charge in [-0.1, -0.05) is 0 Å². The lowest BCUT2D eigenvalue weighted by atomic mass is 10.2. The zero-order valence-corrected chi connectivity index (χ0v) is 19.7. The van der Waals surface area contributed by atoms with Gasteiger partial charge in [0.2, 0.25) is 5.95 Å². The Labute approximate surface area is 214 Å². The number of rotatable bonds is 10. The van der Waals surface area contributed by atoms with Crippen LogP contribution in [-0.2, 0) is 0 Å². The largest absolute Gasteiger partial charge is 0.493 e. The van der Waals surface area contributed by atoms with Crippen molar-refractivity contribution < 1.29 is 45.5 Å². The van der Waals surface area contributed by atoms with Crippen LogP contribution in [-0.4, -0.2) is 58.8 Å². The van der Waals surface area contributed by atoms with E-state index < -0.39 is 41.3 Å². The number of hydrazone groups is 1. The van der Waals surface area contributed by atoms with E-state index in [9.17, 15) is 36.5 Å². The summed E-state index contributed by atoms with van der Waals surface area (Å²) in [5.74, 6) is -0.366. The third kappa shape index (κ3) is 7.79. The number of non-ortho nitro benzene ring substituents is 1. The molecular formula is C21H17F6N7O5. The molecule has 208 valence electrons. The van der Waals surface area contributed by atoms with Gasteiger partial charge in [0.25, 0.3) is 17.7 Å². The van der Waals surface area contributed by atoms with Crippen molar-refractivity contribution in [3.05, 3.63) is 58.1 Å². The maximum absolute atomic E-state index is 13.0. The van der Waals surface area contributed by atoms with E-state index in [1.54, 1.807) is 12.1 Å². The Morgan fingerprint density at radius 2 is 1.54 bits per heavy atom. The number of hydrogen-bond acceptors (Lipinski definition) is 11. The zero-order chi connectivity index (χ0) is 28.8. The third-order valence-corrected chi connectivity index (χ3v) is 4.55. The Hall–Kier alpha value is -4.90. The van der Waals surface area contributed by atoms with Crippen LogP contribution in [0.2, 0.25) is 0 Å². The average Bonchev–Trinajstić information content (AvgIpc) is 2.86. The number of ether oxygens (including phenoxy) is 3. The van der Waals surface area contributed by atoms with Crippen LogP contribution in [0.3, 0.4) is 0 Å². The smallest absolute Gasteiger partial charge is 0.434 e. The summed E-state index contributed by atoms with van der Waals surface area (Å²) in [6, 6.07) is 7.94. The molecule has 0 aliphatic rings. The minimum absolute atomic E-state index is 0.112. The van der Waals surface area contributed by atoms with E-state index in [2.05, 4.69) is 35.5 Å². The first kappa shape index (κ1) is 28.7. The molecule has 0 saturated carbocycles. The molecule has 3 rings (SSSR count). The van der Waals surface area contributed by atoms with E-state index in [4.69, 9.17) is 9.47 Å². The normalized spacial score (nSPS) is 11.9. The molecule has 0 amide bonds. The first-order valence-corrected chi connectivity index (χ1v) is 10.4. The molecule has 3 aromatic rings. The van der Waals surface area contributed by atoms with Crippen molar-refractivity contribution >= 4 is 29.5 Å². The highest BCUT2D eigenvalue weighted by Gasteiger charge is 2.59. The molecule has 12 nitrogen and oxygen atoms in total. The molecule has 0 radical (unpaired) electrons. The number of aromatic nitrogens is 3. The lowest BCUT2D eigenvalue weighted by molar-refractivity contribution is -0.384. The predicted octanol–water partition coefficient (Wildman–Crippen LogP) is 4.86. The molecule has 2 N–H and O–H groups in total. The quantitative estimate of drug-likeness (QED) is 0.152. The highest BCUT2D eigenvalue weighted by Crippen LogP contribution is 2.36. The molecule has 1 heterocycles. The van der Waals surface area contributed by atoms with Gasteiger partial charge in [-0.05, 0) is 35.9 Å². The SMILES string of the molecule is COc1ccc(/C=N/Nc2nc(Nc3ccc([N+](=O)[O-])cc3)nc(OC(C(F)(F)F)C(F)(F)F)n2)cc1OC. The van der Waals surface area contributed by atoms with Crippen molar-refractivity contribution in [2.75, 3.05) is 25.0 Å². The molecule has 2 aromatic carbocycles. The van der Waals surface area contributed by atoms with Gasteiger partial charge in [0, 0.05) is 17.8 Å². The number of nitrogens with one attached hydrogen (secondary N) is 2. The second kappa shape index (κ2) is 11.7. The summed E-state index contributed by atoms with van der Waals surface area (Å²) in [7, 11) is 2.83. The third-order valence-electron chi connectivity index (χ3n) is 4.55. The van der Waals surface area contributed by atoms with E-state index in [1.165, 1.54) is 38.6 Å². The van der Waals surface area contributed by atoms with E-state index in [1.807, 2.05) is 0 Å². The number of anilines is 3. The summed E-state index contributed by atoms with van der Waals surface area (Å²) in [5.41, 5.74) is 2.56. The topological polar surface area (TPSA) is 146 Å². The Morgan fingerprint density at radius 1 is 0.923 bits per heavy atom. The molecule has 0 saturated heterocycles. The molecule has 18 heteroatoms. The standard InChI is InChI=1S/C21H17F6N7O5/c1-37-14-8-3-11(9-15(14)38-2)10-28-33-18-30-17(29-12-4-6-13(7-5-12)34(35)36)31-19(32-18)39-16(20(22,23)24)21(25,26)27/h3-10,16H,1-2H3,(H2,29,30,31,32,33)/b28-10+. The fraction of sp³-hybridized carbons (Fsp3) is 0.238. The monoisotopic (exact) mass is 561 g/mol. The highest BCUT2D eigenvalue weighted by molar-refractivity contribution is 5.81. The summed E-state index contributed by atoms with van der Waals surface area (Å²) >= 11 is 0. The van der Waals surface area contributed by atoms with Gasteiger partial charge in [0.15, 0.2) is 11.5 Å². The summed E-state index contributed by atoms with van der Waals surface area (Å²) < 4.78 is 92.4. The number of benzene rings is 2. The summed E-state index contributed by atoms with van der Waals surface area (Å²) in [5, 5.41) is 17.1. The number of alkyl halides is 6. The van der Waals surface area contributed by atoms with E-state index in [-0.39, 0.29) is 11.4 Å². The predicted molar refractivity (Wildman–Crippen MR) is 123 cm³/mol. The zero-order valence-electron chi connectivity index (χ0n) is 19.7. The highest BCUT2D eigenvalue weighted by atomic mass is 19.4. The lowest BCUT2D eigenvalue weighted by Crippen LogP contribution is -2.46. The summed E-state index contributed by atoms with van der Waals surface area (Å²) in [6.07, 6.45) is -14.7. The molecule has 0 bridgehead atoms. The molecular weight excluding hydrogens is 544 g/mol. The first-order chi connectivity index (χ1) is 18.3. The number of nitrogens with zero attached hydrogens (tertiary/aromatic N) is 5. The van der Waals surface area contributed by atoms with Crippen LogP contribution < -0.4 is 25.0 Å². The van der Waals surface area contributed by atoms with Crippen molar-refractivity contribution in [3.63, 3.8) is 0 Å². The Balaban J connectivity index is 1.92. The number of methoxy groups -OCH3 is 2. The van der Waals surface area contributed by atoms with Gasteiger partial charge in [-0.25, -0.2) is 5.43 Å². The number of hydrogen-bond donors (Lipinski definition) is 2. The molecule has 1 aromatic heterocycles. The van der Waals surface area contributed by atoms with Crippen LogP contribution in [0.15, 0.2) is 47.6 Å². The minimum atomic E-state index is -5.84. The van der Waals surface area contributed by atoms with Crippen molar-refractivity contribution in [2.24, 2.45) is 5.10 Å². The van der Waals surface area contributed by atoms with Crippen LogP contribution in [0.1, 0.15) is 5.56 Å². The number of nitro benzene ring substituents is 1. The van der Waals surface area contributed by atoms with Gasteiger partial charge >= 0.3 is 18.4 Å². The van der Waals surface area contributed by atoms with Crippen LogP contribution in [0.4, 0.5) is 49.6 Å². The van der Waals surface area contributed by atoms with Crippen LogP contribution >= 0.6 is 0 Å². The van der Waals surface area contributed by atoms with Crippen molar-refractivity contribution in [3.8, 4) is 17.5 Å². The van der Waals surface area contributed by atoms with Gasteiger partial charge < -0.3 is 19.5 Å². The fourth-order valence-electron chi connectivity index (χ4n) is 2.83. The minimum Gasteiger partial charge on any atom is -0.493 e. The Kier molecular flexibility index (Phi) is 8.57.